The lowest BCUT2D eigenvalue weighted by atomic mass is 10.3. The van der Waals surface area contributed by atoms with Crippen molar-refractivity contribution in [2.24, 2.45) is 0 Å². The van der Waals surface area contributed by atoms with Gasteiger partial charge in [0.05, 0.1) is 21.5 Å². The van der Waals surface area contributed by atoms with Gasteiger partial charge in [-0.3, -0.25) is 0 Å². The van der Waals surface area contributed by atoms with Crippen LogP contribution in [0.2, 0.25) is 10.0 Å². The molecule has 0 fully saturated rings. The lowest BCUT2D eigenvalue weighted by Gasteiger charge is -2.11. The van der Waals surface area contributed by atoms with E-state index in [2.05, 4.69) is 0 Å². The first-order chi connectivity index (χ1) is 9.00. The van der Waals surface area contributed by atoms with Gasteiger partial charge in [-0.1, -0.05) is 23.2 Å². The van der Waals surface area contributed by atoms with Gasteiger partial charge in [0.2, 0.25) is 0 Å². The molecule has 0 unspecified atom stereocenters. The van der Waals surface area contributed by atoms with Crippen LogP contribution in [0.15, 0.2) is 17.0 Å². The minimum Gasteiger partial charge on any atom is -0.490 e. The number of halogens is 6. The molecule has 0 aliphatic rings. The van der Waals surface area contributed by atoms with Gasteiger partial charge in [-0.15, -0.1) is 0 Å². The Morgan fingerprint density at radius 3 is 2.05 bits per heavy atom. The van der Waals surface area contributed by atoms with Gasteiger partial charge >= 0.3 is 6.18 Å². The molecular weight excluding hydrogens is 364 g/mol. The van der Waals surface area contributed by atoms with Crippen LogP contribution in [0.25, 0.3) is 0 Å². The van der Waals surface area contributed by atoms with E-state index in [0.29, 0.717) is 0 Å². The third-order valence-corrected chi connectivity index (χ3v) is 4.00. The third-order valence-electron chi connectivity index (χ3n) is 2.10. The first-order valence-corrected chi connectivity index (χ1v) is 8.20. The Bertz CT molecular complexity index is 564. The molecule has 0 atom stereocenters. The largest absolute Gasteiger partial charge is 0.490 e. The van der Waals surface area contributed by atoms with Gasteiger partial charge in [-0.05, 0) is 18.6 Å². The summed E-state index contributed by atoms with van der Waals surface area (Å²) in [5.74, 6) is -0.0837. The van der Waals surface area contributed by atoms with Gasteiger partial charge in [-0.25, -0.2) is 8.42 Å². The maximum atomic E-state index is 11.9. The van der Waals surface area contributed by atoms with Crippen molar-refractivity contribution < 1.29 is 26.3 Å². The Kier molecular flexibility index (Phi) is 5.83. The van der Waals surface area contributed by atoms with Gasteiger partial charge in [0.1, 0.15) is 0 Å². The molecule has 0 saturated carbocycles. The molecule has 1 aromatic carbocycles. The predicted molar refractivity (Wildman–Crippen MR) is 70.3 cm³/mol. The highest BCUT2D eigenvalue weighted by Crippen LogP contribution is 2.36. The Hall–Kier alpha value is -0.370. The average Bonchev–Trinajstić information content (AvgIpc) is 2.23. The summed E-state index contributed by atoms with van der Waals surface area (Å²) in [5.41, 5.74) is 0. The van der Waals surface area contributed by atoms with E-state index in [1.165, 1.54) is 0 Å². The van der Waals surface area contributed by atoms with Crippen molar-refractivity contribution in [2.75, 3.05) is 6.61 Å². The summed E-state index contributed by atoms with van der Waals surface area (Å²) < 4.78 is 63.0. The van der Waals surface area contributed by atoms with E-state index in [1.807, 2.05) is 0 Å². The van der Waals surface area contributed by atoms with E-state index in [9.17, 15) is 21.6 Å². The van der Waals surface area contributed by atoms with Crippen LogP contribution < -0.4 is 4.74 Å². The lowest BCUT2D eigenvalue weighted by molar-refractivity contribution is -0.136. The van der Waals surface area contributed by atoms with Crippen LogP contribution >= 0.6 is 33.9 Å². The summed E-state index contributed by atoms with van der Waals surface area (Å²) in [4.78, 5) is -0.322. The zero-order valence-corrected chi connectivity index (χ0v) is 12.8. The third kappa shape index (κ3) is 5.55. The summed E-state index contributed by atoms with van der Waals surface area (Å²) in [7, 11) is 1.11. The first-order valence-electron chi connectivity index (χ1n) is 5.14. The molecule has 0 spiro atoms. The van der Waals surface area contributed by atoms with E-state index in [0.717, 1.165) is 12.1 Å². The summed E-state index contributed by atoms with van der Waals surface area (Å²) in [6, 6.07) is 2.02. The molecular formula is C10H8Cl3F3O3S. The van der Waals surface area contributed by atoms with E-state index < -0.39 is 21.6 Å². The van der Waals surface area contributed by atoms with Crippen LogP contribution in [0.5, 0.6) is 5.75 Å². The van der Waals surface area contributed by atoms with Crippen LogP contribution in [0.4, 0.5) is 13.2 Å². The monoisotopic (exact) mass is 370 g/mol. The van der Waals surface area contributed by atoms with Gasteiger partial charge in [0, 0.05) is 17.1 Å². The normalized spacial score (nSPS) is 12.5. The van der Waals surface area contributed by atoms with Crippen molar-refractivity contribution in [3.8, 4) is 5.75 Å². The van der Waals surface area contributed by atoms with Crippen molar-refractivity contribution >= 4 is 42.9 Å². The summed E-state index contributed by atoms with van der Waals surface area (Å²) in [6.45, 7) is -0.258. The van der Waals surface area contributed by atoms with E-state index in [4.69, 9.17) is 38.6 Å². The van der Waals surface area contributed by atoms with E-state index in [1.54, 1.807) is 0 Å². The van der Waals surface area contributed by atoms with Crippen molar-refractivity contribution in [3.05, 3.63) is 22.2 Å². The van der Waals surface area contributed by atoms with Crippen molar-refractivity contribution in [1.82, 2.24) is 0 Å². The SMILES string of the molecule is O=S(=O)(Cl)c1cc(Cl)c(OCCCC(F)(F)F)c(Cl)c1. The smallest absolute Gasteiger partial charge is 0.389 e. The molecule has 0 bridgehead atoms. The molecule has 0 aliphatic carbocycles. The minimum absolute atomic E-state index is 0.0837. The minimum atomic E-state index is -4.27. The molecule has 114 valence electrons. The Morgan fingerprint density at radius 1 is 1.15 bits per heavy atom. The molecule has 1 aromatic rings. The second kappa shape index (κ2) is 6.60. The number of ether oxygens (including phenoxy) is 1. The second-order valence-electron chi connectivity index (χ2n) is 3.72. The van der Waals surface area contributed by atoms with E-state index in [-0.39, 0.29) is 33.7 Å². The number of benzene rings is 1. The zero-order chi connectivity index (χ0) is 15.6. The highest BCUT2D eigenvalue weighted by Gasteiger charge is 2.26. The Labute approximate surface area is 128 Å². The molecule has 1 rings (SSSR count). The fourth-order valence-corrected chi connectivity index (χ4v) is 2.77. The predicted octanol–water partition coefficient (Wildman–Crippen LogP) is 4.64. The Balaban J connectivity index is 2.78. The van der Waals surface area contributed by atoms with Crippen LogP contribution in [0.1, 0.15) is 12.8 Å². The maximum absolute atomic E-state index is 11.9. The molecule has 0 aromatic heterocycles. The number of hydrogen-bond donors (Lipinski definition) is 0. The van der Waals surface area contributed by atoms with Gasteiger partial charge in [0.25, 0.3) is 9.05 Å². The molecule has 0 heterocycles. The van der Waals surface area contributed by atoms with Gasteiger partial charge in [-0.2, -0.15) is 13.2 Å². The lowest BCUT2D eigenvalue weighted by Crippen LogP contribution is -2.10. The summed E-state index contributed by atoms with van der Waals surface area (Å²) >= 11 is 11.5. The van der Waals surface area contributed by atoms with Crippen molar-refractivity contribution in [1.29, 1.82) is 0 Å². The molecule has 3 nitrogen and oxygen atoms in total. The summed E-state index contributed by atoms with van der Waals surface area (Å²) in [5, 5.41) is -0.299. The highest BCUT2D eigenvalue weighted by atomic mass is 35.7. The van der Waals surface area contributed by atoms with Gasteiger partial charge in [0.15, 0.2) is 5.75 Å². The molecule has 10 heteroatoms. The average molecular weight is 372 g/mol. The van der Waals surface area contributed by atoms with Crippen LogP contribution in [-0.2, 0) is 9.05 Å². The quantitative estimate of drug-likeness (QED) is 0.559. The fourth-order valence-electron chi connectivity index (χ4n) is 1.26. The summed E-state index contributed by atoms with van der Waals surface area (Å²) in [6.07, 6.45) is -5.55. The topological polar surface area (TPSA) is 43.4 Å². The first kappa shape index (κ1) is 17.7. The van der Waals surface area contributed by atoms with Crippen LogP contribution in [0, 0.1) is 0 Å². The van der Waals surface area contributed by atoms with Crippen molar-refractivity contribution in [2.45, 2.75) is 23.9 Å². The number of hydrogen-bond acceptors (Lipinski definition) is 3. The second-order valence-corrected chi connectivity index (χ2v) is 7.10. The standard InChI is InChI=1S/C10H8Cl3F3O3S/c11-7-4-6(20(13,17)18)5-8(12)9(7)19-3-1-2-10(14,15)16/h4-5H,1-3H2. The highest BCUT2D eigenvalue weighted by molar-refractivity contribution is 8.13. The van der Waals surface area contributed by atoms with Gasteiger partial charge < -0.3 is 4.74 Å². The van der Waals surface area contributed by atoms with Crippen LogP contribution in [-0.4, -0.2) is 21.2 Å². The van der Waals surface area contributed by atoms with E-state index >= 15 is 0 Å². The zero-order valence-electron chi connectivity index (χ0n) is 9.68. The molecule has 0 amide bonds. The number of rotatable bonds is 5. The Morgan fingerprint density at radius 2 is 1.65 bits per heavy atom. The fraction of sp³-hybridized carbons (Fsp3) is 0.400. The molecule has 0 N–H and O–H groups in total. The van der Waals surface area contributed by atoms with Crippen LogP contribution in [0.3, 0.4) is 0 Å². The van der Waals surface area contributed by atoms with Crippen molar-refractivity contribution in [3.63, 3.8) is 0 Å². The molecule has 20 heavy (non-hydrogen) atoms. The molecule has 0 radical (unpaired) electrons. The maximum Gasteiger partial charge on any atom is 0.389 e. The number of alkyl halides is 3. The molecule has 0 saturated heterocycles. The molecule has 0 aliphatic heterocycles.